The molecule has 1 aromatic carbocycles. The molecular weight excluding hydrogens is 306 g/mol. The highest BCUT2D eigenvalue weighted by Gasteiger charge is 2.24. The zero-order chi connectivity index (χ0) is 14.6. The lowest BCUT2D eigenvalue weighted by molar-refractivity contribution is -0.385. The van der Waals surface area contributed by atoms with Gasteiger partial charge >= 0.3 is 0 Å². The first-order chi connectivity index (χ1) is 8.80. The molecule has 114 valence electrons. The molecule has 1 N–H and O–H groups in total. The van der Waals surface area contributed by atoms with Gasteiger partial charge in [0.15, 0.2) is 0 Å². The first-order valence-electron chi connectivity index (χ1n) is 5.66. The van der Waals surface area contributed by atoms with Crippen LogP contribution in [0.2, 0.25) is 0 Å². The first kappa shape index (κ1) is 18.8. The second kappa shape index (κ2) is 7.53. The molecule has 0 radical (unpaired) electrons. The van der Waals surface area contributed by atoms with E-state index in [1.165, 1.54) is 23.5 Å². The molecule has 0 heterocycles. The number of rotatable bonds is 6. The van der Waals surface area contributed by atoms with E-state index in [1.807, 2.05) is 0 Å². The van der Waals surface area contributed by atoms with Gasteiger partial charge in [-0.1, -0.05) is 6.07 Å². The Hall–Kier alpha value is -1.22. The molecular formula is C11H18ClN3O4S. The molecule has 0 aliphatic carbocycles. The quantitative estimate of drug-likeness (QED) is 0.626. The minimum Gasteiger partial charge on any atom is -0.318 e. The summed E-state index contributed by atoms with van der Waals surface area (Å²) in [5, 5.41) is 13.6. The van der Waals surface area contributed by atoms with Gasteiger partial charge in [0.05, 0.1) is 9.82 Å². The number of nitro benzene ring substituents is 1. The SMILES string of the molecule is CNCCN(C)S(=O)(=O)c1cc([N+](=O)[O-])ccc1C.Cl. The van der Waals surface area contributed by atoms with Crippen LogP contribution in [0.4, 0.5) is 5.69 Å². The fourth-order valence-corrected chi connectivity index (χ4v) is 2.95. The maximum atomic E-state index is 12.3. The maximum Gasteiger partial charge on any atom is 0.270 e. The molecule has 1 aromatic rings. The Bertz CT molecular complexity index is 577. The highest BCUT2D eigenvalue weighted by atomic mass is 35.5. The van der Waals surface area contributed by atoms with Gasteiger partial charge in [-0.3, -0.25) is 10.1 Å². The summed E-state index contributed by atoms with van der Waals surface area (Å²) in [5.41, 5.74) is 0.257. The predicted molar refractivity (Wildman–Crippen MR) is 78.8 cm³/mol. The van der Waals surface area contributed by atoms with Crippen molar-refractivity contribution in [1.29, 1.82) is 0 Å². The van der Waals surface area contributed by atoms with E-state index in [2.05, 4.69) is 5.32 Å². The Kier molecular flexibility index (Phi) is 7.07. The molecule has 0 spiro atoms. The van der Waals surface area contributed by atoms with Gasteiger partial charge in [0.2, 0.25) is 10.0 Å². The second-order valence-electron chi connectivity index (χ2n) is 4.14. The molecule has 0 unspecified atom stereocenters. The van der Waals surface area contributed by atoms with Crippen molar-refractivity contribution in [2.24, 2.45) is 0 Å². The van der Waals surface area contributed by atoms with Crippen LogP contribution in [0.25, 0.3) is 0 Å². The minimum absolute atomic E-state index is 0. The number of nitro groups is 1. The number of sulfonamides is 1. The van der Waals surface area contributed by atoms with E-state index in [0.717, 1.165) is 6.07 Å². The number of likely N-dealkylation sites (N-methyl/N-ethyl adjacent to an activating group) is 2. The Morgan fingerprint density at radius 3 is 2.50 bits per heavy atom. The second-order valence-corrected chi connectivity index (χ2v) is 6.15. The van der Waals surface area contributed by atoms with Gasteiger partial charge in [0.1, 0.15) is 0 Å². The van der Waals surface area contributed by atoms with E-state index < -0.39 is 14.9 Å². The fourth-order valence-electron chi connectivity index (χ4n) is 1.54. The van der Waals surface area contributed by atoms with E-state index in [4.69, 9.17) is 0 Å². The molecule has 0 aliphatic heterocycles. The third-order valence-electron chi connectivity index (χ3n) is 2.75. The van der Waals surface area contributed by atoms with Crippen LogP contribution in [0, 0.1) is 17.0 Å². The summed E-state index contributed by atoms with van der Waals surface area (Å²) < 4.78 is 25.8. The zero-order valence-electron chi connectivity index (χ0n) is 11.5. The molecule has 0 saturated carbocycles. The van der Waals surface area contributed by atoms with Crippen LogP contribution in [-0.4, -0.2) is 44.8 Å². The van der Waals surface area contributed by atoms with E-state index in [0.29, 0.717) is 18.7 Å². The van der Waals surface area contributed by atoms with Gasteiger partial charge in [-0.2, -0.15) is 4.31 Å². The van der Waals surface area contributed by atoms with Crippen LogP contribution in [0.1, 0.15) is 5.56 Å². The summed E-state index contributed by atoms with van der Waals surface area (Å²) in [7, 11) is -0.538. The van der Waals surface area contributed by atoms with Gasteiger partial charge in [-0.05, 0) is 19.5 Å². The van der Waals surface area contributed by atoms with Gasteiger partial charge in [0, 0.05) is 32.3 Å². The summed E-state index contributed by atoms with van der Waals surface area (Å²) in [4.78, 5) is 10.1. The van der Waals surface area contributed by atoms with Crippen molar-refractivity contribution >= 4 is 28.1 Å². The van der Waals surface area contributed by atoms with Crippen LogP contribution in [-0.2, 0) is 10.0 Å². The Balaban J connectivity index is 0.00000361. The van der Waals surface area contributed by atoms with Crippen molar-refractivity contribution < 1.29 is 13.3 Å². The van der Waals surface area contributed by atoms with Crippen LogP contribution in [0.3, 0.4) is 0 Å². The lowest BCUT2D eigenvalue weighted by Gasteiger charge is -2.18. The molecule has 0 fully saturated rings. The molecule has 9 heteroatoms. The Labute approximate surface area is 124 Å². The topological polar surface area (TPSA) is 92.6 Å². The molecule has 20 heavy (non-hydrogen) atoms. The molecule has 0 aliphatic rings. The van der Waals surface area contributed by atoms with Gasteiger partial charge < -0.3 is 5.32 Å². The summed E-state index contributed by atoms with van der Waals surface area (Å²) in [6.45, 7) is 2.41. The number of hydrogen-bond acceptors (Lipinski definition) is 5. The summed E-state index contributed by atoms with van der Waals surface area (Å²) in [6, 6.07) is 3.83. The van der Waals surface area contributed by atoms with Crippen molar-refractivity contribution in [2.75, 3.05) is 27.2 Å². The number of benzene rings is 1. The zero-order valence-corrected chi connectivity index (χ0v) is 13.1. The standard InChI is InChI=1S/C11H17N3O4S.ClH/c1-9-4-5-10(14(15)16)8-11(9)19(17,18)13(3)7-6-12-2;/h4-5,8,12H,6-7H2,1-3H3;1H. The summed E-state index contributed by atoms with van der Waals surface area (Å²) >= 11 is 0. The van der Waals surface area contributed by atoms with Crippen molar-refractivity contribution in [3.05, 3.63) is 33.9 Å². The third kappa shape index (κ3) is 4.14. The van der Waals surface area contributed by atoms with Gasteiger partial charge in [-0.25, -0.2) is 8.42 Å². The van der Waals surface area contributed by atoms with E-state index >= 15 is 0 Å². The molecule has 1 rings (SSSR count). The molecule has 0 aromatic heterocycles. The smallest absolute Gasteiger partial charge is 0.270 e. The monoisotopic (exact) mass is 323 g/mol. The largest absolute Gasteiger partial charge is 0.318 e. The molecule has 0 bridgehead atoms. The lowest BCUT2D eigenvalue weighted by atomic mass is 10.2. The number of hydrogen-bond donors (Lipinski definition) is 1. The maximum absolute atomic E-state index is 12.3. The molecule has 0 atom stereocenters. The molecule has 7 nitrogen and oxygen atoms in total. The van der Waals surface area contributed by atoms with Crippen LogP contribution in [0.5, 0.6) is 0 Å². The predicted octanol–water partition coefficient (Wildman–Crippen LogP) is 1.16. The number of non-ortho nitro benzene ring substituents is 1. The van der Waals surface area contributed by atoms with E-state index in [-0.39, 0.29) is 23.0 Å². The van der Waals surface area contributed by atoms with Crippen molar-refractivity contribution in [3.63, 3.8) is 0 Å². The highest BCUT2D eigenvalue weighted by Crippen LogP contribution is 2.23. The van der Waals surface area contributed by atoms with Crippen molar-refractivity contribution in [2.45, 2.75) is 11.8 Å². The van der Waals surface area contributed by atoms with Crippen molar-refractivity contribution in [3.8, 4) is 0 Å². The molecule has 0 saturated heterocycles. The fraction of sp³-hybridized carbons (Fsp3) is 0.455. The van der Waals surface area contributed by atoms with E-state index in [1.54, 1.807) is 14.0 Å². The highest BCUT2D eigenvalue weighted by molar-refractivity contribution is 7.89. The average molecular weight is 324 g/mol. The van der Waals surface area contributed by atoms with Gasteiger partial charge in [-0.15, -0.1) is 12.4 Å². The summed E-state index contributed by atoms with van der Waals surface area (Å²) in [5.74, 6) is 0. The minimum atomic E-state index is -3.71. The molecule has 0 amide bonds. The van der Waals surface area contributed by atoms with E-state index in [9.17, 15) is 18.5 Å². The number of aryl methyl sites for hydroxylation is 1. The van der Waals surface area contributed by atoms with Crippen molar-refractivity contribution in [1.82, 2.24) is 9.62 Å². The normalized spacial score (nSPS) is 11.2. The van der Waals surface area contributed by atoms with Crippen LogP contribution in [0.15, 0.2) is 23.1 Å². The Morgan fingerprint density at radius 1 is 1.40 bits per heavy atom. The number of nitrogens with one attached hydrogen (secondary N) is 1. The number of halogens is 1. The Morgan fingerprint density at radius 2 is 2.00 bits per heavy atom. The third-order valence-corrected chi connectivity index (χ3v) is 4.75. The van der Waals surface area contributed by atoms with Gasteiger partial charge in [0.25, 0.3) is 5.69 Å². The van der Waals surface area contributed by atoms with Crippen LogP contribution < -0.4 is 5.32 Å². The average Bonchev–Trinajstić information content (AvgIpc) is 2.35. The lowest BCUT2D eigenvalue weighted by Crippen LogP contribution is -2.33. The first-order valence-corrected chi connectivity index (χ1v) is 7.10. The number of nitrogens with zero attached hydrogens (tertiary/aromatic N) is 2. The van der Waals surface area contributed by atoms with Crippen LogP contribution >= 0.6 is 12.4 Å². The summed E-state index contributed by atoms with van der Waals surface area (Å²) in [6.07, 6.45) is 0.